The van der Waals surface area contributed by atoms with Crippen molar-refractivity contribution in [2.45, 2.75) is 32.9 Å². The van der Waals surface area contributed by atoms with Crippen molar-refractivity contribution in [2.24, 2.45) is 0 Å². The van der Waals surface area contributed by atoms with Crippen LogP contribution in [0.5, 0.6) is 0 Å². The molecular formula is C24H24N2O2. The summed E-state index contributed by atoms with van der Waals surface area (Å²) in [5.74, 6) is 0.109. The van der Waals surface area contributed by atoms with Crippen molar-refractivity contribution < 1.29 is 9.21 Å². The number of hydrogen-bond acceptors (Lipinski definition) is 2. The van der Waals surface area contributed by atoms with Gasteiger partial charge >= 0.3 is 0 Å². The Morgan fingerprint density at radius 3 is 2.50 bits per heavy atom. The molecule has 1 N–H and O–H groups in total. The molecular weight excluding hydrogens is 348 g/mol. The van der Waals surface area contributed by atoms with Gasteiger partial charge in [-0.15, -0.1) is 0 Å². The van der Waals surface area contributed by atoms with Crippen LogP contribution in [0.15, 0.2) is 77.6 Å². The van der Waals surface area contributed by atoms with Gasteiger partial charge in [-0.25, -0.2) is 0 Å². The lowest BCUT2D eigenvalue weighted by Crippen LogP contribution is -2.37. The van der Waals surface area contributed by atoms with E-state index in [1.54, 1.807) is 12.5 Å². The third kappa shape index (κ3) is 3.58. The van der Waals surface area contributed by atoms with Gasteiger partial charge in [0.05, 0.1) is 24.6 Å². The zero-order valence-electron chi connectivity index (χ0n) is 16.2. The van der Waals surface area contributed by atoms with Gasteiger partial charge in [-0.05, 0) is 37.1 Å². The standard InChI is InChI=1S/C24H24N2O2/c1-17(2)26(15-18-12-13-28-16-18)23(27)14-21-20-10-6-7-11-22(20)25-24(21)19-8-4-3-5-9-19/h3-13,16-17,25H,14-15H2,1-2H3. The van der Waals surface area contributed by atoms with Gasteiger partial charge in [0.2, 0.25) is 5.91 Å². The van der Waals surface area contributed by atoms with Crippen LogP contribution in [0.1, 0.15) is 25.0 Å². The number of carbonyl (C=O) groups is 1. The number of hydrogen-bond donors (Lipinski definition) is 1. The summed E-state index contributed by atoms with van der Waals surface area (Å²) in [6.07, 6.45) is 3.69. The first-order chi connectivity index (χ1) is 13.6. The first-order valence-corrected chi connectivity index (χ1v) is 9.59. The van der Waals surface area contributed by atoms with Crippen LogP contribution in [0.25, 0.3) is 22.2 Å². The van der Waals surface area contributed by atoms with Crippen LogP contribution in [-0.2, 0) is 17.8 Å². The van der Waals surface area contributed by atoms with Crippen LogP contribution in [0.3, 0.4) is 0 Å². The fraction of sp³-hybridized carbons (Fsp3) is 0.208. The molecule has 1 amide bonds. The number of aromatic nitrogens is 1. The lowest BCUT2D eigenvalue weighted by atomic mass is 10.0. The van der Waals surface area contributed by atoms with Gasteiger partial charge in [-0.2, -0.15) is 0 Å². The Hall–Kier alpha value is -3.27. The zero-order valence-corrected chi connectivity index (χ0v) is 16.2. The van der Waals surface area contributed by atoms with E-state index in [0.29, 0.717) is 13.0 Å². The van der Waals surface area contributed by atoms with E-state index in [0.717, 1.165) is 33.3 Å². The summed E-state index contributed by atoms with van der Waals surface area (Å²) in [5, 5.41) is 1.10. The summed E-state index contributed by atoms with van der Waals surface area (Å²) in [7, 11) is 0. The molecule has 0 bridgehead atoms. The van der Waals surface area contributed by atoms with Crippen molar-refractivity contribution in [3.8, 4) is 11.3 Å². The molecule has 4 nitrogen and oxygen atoms in total. The zero-order chi connectivity index (χ0) is 19.5. The van der Waals surface area contributed by atoms with E-state index in [9.17, 15) is 4.79 Å². The SMILES string of the molecule is CC(C)N(Cc1ccoc1)C(=O)Cc1c(-c2ccccc2)[nH]c2ccccc12. The molecule has 0 aliphatic heterocycles. The Kier molecular flexibility index (Phi) is 5.02. The molecule has 0 saturated carbocycles. The number of benzene rings is 2. The third-order valence-corrected chi connectivity index (χ3v) is 5.08. The van der Waals surface area contributed by atoms with Crippen LogP contribution in [0.2, 0.25) is 0 Å². The summed E-state index contributed by atoms with van der Waals surface area (Å²) in [6.45, 7) is 4.65. The van der Waals surface area contributed by atoms with Crippen molar-refractivity contribution in [2.75, 3.05) is 0 Å². The number of fused-ring (bicyclic) bond motifs is 1. The van der Waals surface area contributed by atoms with Crippen molar-refractivity contribution in [1.29, 1.82) is 0 Å². The number of aromatic amines is 1. The maximum absolute atomic E-state index is 13.3. The fourth-order valence-electron chi connectivity index (χ4n) is 3.63. The topological polar surface area (TPSA) is 49.2 Å². The van der Waals surface area contributed by atoms with Gasteiger partial charge in [0.25, 0.3) is 0 Å². The quantitative estimate of drug-likeness (QED) is 0.492. The number of para-hydroxylation sites is 1. The van der Waals surface area contributed by atoms with Crippen molar-refractivity contribution in [3.05, 3.63) is 84.3 Å². The van der Waals surface area contributed by atoms with Crippen LogP contribution in [-0.4, -0.2) is 21.8 Å². The molecule has 2 aromatic carbocycles. The number of amides is 1. The number of rotatable bonds is 6. The molecule has 0 fully saturated rings. The summed E-state index contributed by atoms with van der Waals surface area (Å²) < 4.78 is 5.17. The van der Waals surface area contributed by atoms with Crippen LogP contribution in [0, 0.1) is 0 Å². The molecule has 28 heavy (non-hydrogen) atoms. The Balaban J connectivity index is 1.71. The largest absolute Gasteiger partial charge is 0.472 e. The van der Waals surface area contributed by atoms with Crippen molar-refractivity contribution in [1.82, 2.24) is 9.88 Å². The number of nitrogens with one attached hydrogen (secondary N) is 1. The lowest BCUT2D eigenvalue weighted by Gasteiger charge is -2.26. The van der Waals surface area contributed by atoms with Crippen LogP contribution in [0.4, 0.5) is 0 Å². The Morgan fingerprint density at radius 1 is 1.04 bits per heavy atom. The van der Waals surface area contributed by atoms with Gasteiger partial charge in [0, 0.05) is 29.1 Å². The second kappa shape index (κ2) is 7.77. The monoisotopic (exact) mass is 372 g/mol. The predicted octanol–water partition coefficient (Wildman–Crippen LogP) is 5.41. The van der Waals surface area contributed by atoms with E-state index in [1.807, 2.05) is 55.1 Å². The van der Waals surface area contributed by atoms with E-state index in [-0.39, 0.29) is 11.9 Å². The van der Waals surface area contributed by atoms with E-state index in [4.69, 9.17) is 4.42 Å². The minimum atomic E-state index is 0.104. The number of H-pyrrole nitrogens is 1. The van der Waals surface area contributed by atoms with Gasteiger partial charge in [-0.1, -0.05) is 48.5 Å². The molecule has 4 heteroatoms. The van der Waals surface area contributed by atoms with Gasteiger partial charge < -0.3 is 14.3 Å². The first kappa shape index (κ1) is 18.1. The average Bonchev–Trinajstić information content (AvgIpc) is 3.35. The number of nitrogens with zero attached hydrogens (tertiary/aromatic N) is 1. The van der Waals surface area contributed by atoms with Gasteiger partial charge in [-0.3, -0.25) is 4.79 Å². The lowest BCUT2D eigenvalue weighted by molar-refractivity contribution is -0.132. The highest BCUT2D eigenvalue weighted by Gasteiger charge is 2.22. The first-order valence-electron chi connectivity index (χ1n) is 9.59. The Bertz CT molecular complexity index is 1060. The minimum Gasteiger partial charge on any atom is -0.472 e. The highest BCUT2D eigenvalue weighted by Crippen LogP contribution is 2.31. The van der Waals surface area contributed by atoms with E-state index >= 15 is 0 Å². The number of carbonyl (C=O) groups excluding carboxylic acids is 1. The van der Waals surface area contributed by atoms with Gasteiger partial charge in [0.1, 0.15) is 0 Å². The van der Waals surface area contributed by atoms with Crippen molar-refractivity contribution >= 4 is 16.8 Å². The summed E-state index contributed by atoms with van der Waals surface area (Å²) >= 11 is 0. The Morgan fingerprint density at radius 2 is 1.79 bits per heavy atom. The molecule has 0 atom stereocenters. The molecule has 0 aliphatic carbocycles. The molecule has 0 saturated heterocycles. The van der Waals surface area contributed by atoms with Crippen molar-refractivity contribution in [3.63, 3.8) is 0 Å². The highest BCUT2D eigenvalue weighted by atomic mass is 16.3. The molecule has 0 spiro atoms. The molecule has 4 rings (SSSR count). The van der Waals surface area contributed by atoms with Gasteiger partial charge in [0.15, 0.2) is 0 Å². The second-order valence-corrected chi connectivity index (χ2v) is 7.31. The molecule has 2 heterocycles. The second-order valence-electron chi connectivity index (χ2n) is 7.31. The molecule has 142 valence electrons. The fourth-order valence-corrected chi connectivity index (χ4v) is 3.63. The van der Waals surface area contributed by atoms with Crippen LogP contribution >= 0.6 is 0 Å². The summed E-state index contributed by atoms with van der Waals surface area (Å²) in [4.78, 5) is 18.7. The molecule has 0 radical (unpaired) electrons. The normalized spacial score (nSPS) is 11.2. The predicted molar refractivity (Wildman–Crippen MR) is 112 cm³/mol. The highest BCUT2D eigenvalue weighted by molar-refractivity contribution is 5.95. The summed E-state index contributed by atoms with van der Waals surface area (Å²) in [6, 6.07) is 20.4. The Labute approximate surface area is 164 Å². The smallest absolute Gasteiger partial charge is 0.227 e. The van der Waals surface area contributed by atoms with E-state index in [2.05, 4.69) is 29.2 Å². The molecule has 0 aliphatic rings. The maximum Gasteiger partial charge on any atom is 0.227 e. The number of furan rings is 1. The minimum absolute atomic E-state index is 0.104. The molecule has 4 aromatic rings. The third-order valence-electron chi connectivity index (χ3n) is 5.08. The van der Waals surface area contributed by atoms with Crippen LogP contribution < -0.4 is 0 Å². The summed E-state index contributed by atoms with van der Waals surface area (Å²) in [5.41, 5.74) is 5.21. The van der Waals surface area contributed by atoms with E-state index in [1.165, 1.54) is 0 Å². The molecule has 2 aromatic heterocycles. The average molecular weight is 372 g/mol. The van der Waals surface area contributed by atoms with E-state index < -0.39 is 0 Å². The molecule has 0 unspecified atom stereocenters. The maximum atomic E-state index is 13.3.